The Labute approximate surface area is 125 Å². The molecule has 1 amide bonds. The zero-order valence-corrected chi connectivity index (χ0v) is 12.0. The molecule has 1 aliphatic heterocycles. The van der Waals surface area contributed by atoms with Crippen molar-refractivity contribution in [1.82, 2.24) is 9.88 Å². The van der Waals surface area contributed by atoms with Gasteiger partial charge in [-0.1, -0.05) is 30.3 Å². The van der Waals surface area contributed by atoms with Crippen molar-refractivity contribution in [3.63, 3.8) is 0 Å². The van der Waals surface area contributed by atoms with Crippen molar-refractivity contribution < 1.29 is 14.7 Å². The summed E-state index contributed by atoms with van der Waals surface area (Å²) in [6.07, 6.45) is 1.23. The minimum Gasteiger partial charge on any atom is -0.480 e. The van der Waals surface area contributed by atoms with Crippen LogP contribution in [-0.4, -0.2) is 39.5 Å². The number of thiazole rings is 1. The highest BCUT2D eigenvalue weighted by Gasteiger charge is 2.35. The third-order valence-electron chi connectivity index (χ3n) is 3.56. The summed E-state index contributed by atoms with van der Waals surface area (Å²) in [5, 5.41) is 11.3. The minimum absolute atomic E-state index is 0.285. The molecule has 0 saturated carbocycles. The Kier molecular flexibility index (Phi) is 3.70. The number of hydrogen-bond acceptors (Lipinski definition) is 4. The molecule has 0 spiro atoms. The van der Waals surface area contributed by atoms with Gasteiger partial charge in [0.05, 0.1) is 5.69 Å². The average molecular weight is 302 g/mol. The molecular weight excluding hydrogens is 288 g/mol. The lowest BCUT2D eigenvalue weighted by Gasteiger charge is -2.19. The molecule has 1 fully saturated rings. The summed E-state index contributed by atoms with van der Waals surface area (Å²) in [5.74, 6) is -1.23. The van der Waals surface area contributed by atoms with E-state index in [4.69, 9.17) is 5.11 Å². The summed E-state index contributed by atoms with van der Waals surface area (Å²) in [6.45, 7) is 0.482. The van der Waals surface area contributed by atoms with Gasteiger partial charge in [0.15, 0.2) is 5.01 Å². The Hall–Kier alpha value is -2.21. The molecule has 0 bridgehead atoms. The lowest BCUT2D eigenvalue weighted by molar-refractivity contribution is -0.141. The molecule has 2 heterocycles. The highest BCUT2D eigenvalue weighted by molar-refractivity contribution is 7.12. The van der Waals surface area contributed by atoms with E-state index in [-0.39, 0.29) is 5.91 Å². The molecule has 1 atom stereocenters. The number of amides is 1. The number of nitrogens with zero attached hydrogens (tertiary/aromatic N) is 2. The highest BCUT2D eigenvalue weighted by Crippen LogP contribution is 2.25. The molecule has 1 saturated heterocycles. The van der Waals surface area contributed by atoms with Crippen molar-refractivity contribution in [3.05, 3.63) is 40.7 Å². The molecule has 0 unspecified atom stereocenters. The van der Waals surface area contributed by atoms with E-state index >= 15 is 0 Å². The fourth-order valence-electron chi connectivity index (χ4n) is 2.50. The zero-order valence-electron chi connectivity index (χ0n) is 11.2. The second-order valence-electron chi connectivity index (χ2n) is 4.90. The first-order chi connectivity index (χ1) is 10.2. The molecule has 6 heteroatoms. The van der Waals surface area contributed by atoms with Crippen LogP contribution in [0.2, 0.25) is 0 Å². The van der Waals surface area contributed by atoms with Gasteiger partial charge >= 0.3 is 5.97 Å². The summed E-state index contributed by atoms with van der Waals surface area (Å²) in [6, 6.07) is 8.89. The van der Waals surface area contributed by atoms with Gasteiger partial charge in [-0.15, -0.1) is 11.3 Å². The fraction of sp³-hybridized carbons (Fsp3) is 0.267. The summed E-state index contributed by atoms with van der Waals surface area (Å²) in [5.41, 5.74) is 1.69. The second kappa shape index (κ2) is 5.65. The molecule has 1 aromatic heterocycles. The van der Waals surface area contributed by atoms with Crippen molar-refractivity contribution in [2.45, 2.75) is 18.9 Å². The third kappa shape index (κ3) is 2.67. The molecule has 1 N–H and O–H groups in total. The van der Waals surface area contributed by atoms with Gasteiger partial charge in [0.2, 0.25) is 0 Å². The highest BCUT2D eigenvalue weighted by atomic mass is 32.1. The van der Waals surface area contributed by atoms with Gasteiger partial charge in [-0.25, -0.2) is 9.78 Å². The lowest BCUT2D eigenvalue weighted by atomic mass is 10.2. The molecule has 2 aromatic rings. The molecule has 3 rings (SSSR count). The summed E-state index contributed by atoms with van der Waals surface area (Å²) in [4.78, 5) is 29.3. The van der Waals surface area contributed by atoms with Gasteiger partial charge in [-0.2, -0.15) is 0 Å². The Morgan fingerprint density at radius 3 is 2.76 bits per heavy atom. The number of carbonyl (C=O) groups is 2. The van der Waals surface area contributed by atoms with Gasteiger partial charge in [0.1, 0.15) is 6.04 Å². The van der Waals surface area contributed by atoms with E-state index in [2.05, 4.69) is 4.98 Å². The van der Waals surface area contributed by atoms with E-state index < -0.39 is 12.0 Å². The Balaban J connectivity index is 1.83. The molecular formula is C15H14N2O3S. The number of carbonyl (C=O) groups excluding carboxylic acids is 1. The fourth-order valence-corrected chi connectivity index (χ4v) is 3.28. The van der Waals surface area contributed by atoms with Crippen LogP contribution in [-0.2, 0) is 4.79 Å². The van der Waals surface area contributed by atoms with Crippen molar-refractivity contribution in [2.24, 2.45) is 0 Å². The summed E-state index contributed by atoms with van der Waals surface area (Å²) < 4.78 is 0. The largest absolute Gasteiger partial charge is 0.480 e. The maximum Gasteiger partial charge on any atom is 0.326 e. The zero-order chi connectivity index (χ0) is 14.8. The van der Waals surface area contributed by atoms with Gasteiger partial charge in [0, 0.05) is 17.5 Å². The maximum atomic E-state index is 12.4. The molecule has 108 valence electrons. The second-order valence-corrected chi connectivity index (χ2v) is 5.76. The first kappa shape index (κ1) is 13.8. The van der Waals surface area contributed by atoms with Crippen molar-refractivity contribution in [1.29, 1.82) is 0 Å². The first-order valence-corrected chi connectivity index (χ1v) is 7.59. The van der Waals surface area contributed by atoms with Crippen LogP contribution in [0.5, 0.6) is 0 Å². The van der Waals surface area contributed by atoms with Crippen LogP contribution in [0, 0.1) is 0 Å². The number of carboxylic acids is 1. The normalized spacial score (nSPS) is 17.9. The smallest absolute Gasteiger partial charge is 0.326 e. The van der Waals surface area contributed by atoms with Crippen LogP contribution < -0.4 is 0 Å². The summed E-state index contributed by atoms with van der Waals surface area (Å²) >= 11 is 1.26. The predicted octanol–water partition coefficient (Wildman–Crippen LogP) is 2.50. The van der Waals surface area contributed by atoms with Crippen LogP contribution in [0.4, 0.5) is 0 Å². The van der Waals surface area contributed by atoms with Gasteiger partial charge in [-0.05, 0) is 12.8 Å². The number of aromatic nitrogens is 1. The quantitative estimate of drug-likeness (QED) is 0.945. The summed E-state index contributed by atoms with van der Waals surface area (Å²) in [7, 11) is 0. The molecule has 0 aliphatic carbocycles. The van der Waals surface area contributed by atoms with E-state index in [1.54, 1.807) is 0 Å². The molecule has 1 aromatic carbocycles. The monoisotopic (exact) mass is 302 g/mol. The number of aliphatic carboxylic acids is 1. The van der Waals surface area contributed by atoms with Crippen LogP contribution in [0.25, 0.3) is 11.3 Å². The lowest BCUT2D eigenvalue weighted by Crippen LogP contribution is -2.40. The number of likely N-dealkylation sites (tertiary alicyclic amines) is 1. The maximum absolute atomic E-state index is 12.4. The standard InChI is InChI=1S/C15H14N2O3S/c18-14(17-8-4-7-12(17)15(19)20)13-16-11(9-21-13)10-5-2-1-3-6-10/h1-3,5-6,9,12H,4,7-8H2,(H,19,20)/t12-/m0/s1. The topological polar surface area (TPSA) is 70.5 Å². The third-order valence-corrected chi connectivity index (χ3v) is 4.39. The van der Waals surface area contributed by atoms with Crippen LogP contribution in [0.15, 0.2) is 35.7 Å². The van der Waals surface area contributed by atoms with E-state index in [1.807, 2.05) is 35.7 Å². The van der Waals surface area contributed by atoms with Crippen molar-refractivity contribution in [3.8, 4) is 11.3 Å². The Bertz CT molecular complexity index is 669. The molecule has 21 heavy (non-hydrogen) atoms. The molecule has 0 radical (unpaired) electrons. The van der Waals surface area contributed by atoms with Gasteiger partial charge in [0.25, 0.3) is 5.91 Å². The number of carboxylic acid groups (broad SMARTS) is 1. The Morgan fingerprint density at radius 2 is 2.05 bits per heavy atom. The van der Waals surface area contributed by atoms with E-state index in [0.717, 1.165) is 17.7 Å². The Morgan fingerprint density at radius 1 is 1.29 bits per heavy atom. The van der Waals surface area contributed by atoms with E-state index in [9.17, 15) is 9.59 Å². The minimum atomic E-state index is -0.944. The number of hydrogen-bond donors (Lipinski definition) is 1. The predicted molar refractivity (Wildman–Crippen MR) is 79.2 cm³/mol. The van der Waals surface area contributed by atoms with Crippen LogP contribution >= 0.6 is 11.3 Å². The first-order valence-electron chi connectivity index (χ1n) is 6.71. The number of benzene rings is 1. The van der Waals surface area contributed by atoms with E-state index in [0.29, 0.717) is 18.0 Å². The number of rotatable bonds is 3. The van der Waals surface area contributed by atoms with E-state index in [1.165, 1.54) is 16.2 Å². The molecule has 5 nitrogen and oxygen atoms in total. The van der Waals surface area contributed by atoms with Crippen molar-refractivity contribution in [2.75, 3.05) is 6.54 Å². The van der Waals surface area contributed by atoms with Crippen LogP contribution in [0.1, 0.15) is 22.6 Å². The van der Waals surface area contributed by atoms with Crippen LogP contribution in [0.3, 0.4) is 0 Å². The molecule has 1 aliphatic rings. The van der Waals surface area contributed by atoms with Gasteiger partial charge in [-0.3, -0.25) is 4.79 Å². The SMILES string of the molecule is O=C(O)[C@@H]1CCCN1C(=O)c1nc(-c2ccccc2)cs1. The van der Waals surface area contributed by atoms with Crippen molar-refractivity contribution >= 4 is 23.2 Å². The van der Waals surface area contributed by atoms with Gasteiger partial charge < -0.3 is 10.0 Å². The average Bonchev–Trinajstić information content (AvgIpc) is 3.17.